The van der Waals surface area contributed by atoms with E-state index in [1.807, 2.05) is 24.3 Å². The summed E-state index contributed by atoms with van der Waals surface area (Å²) in [4.78, 5) is 12.3. The van der Waals surface area contributed by atoms with Gasteiger partial charge in [-0.1, -0.05) is 130 Å². The summed E-state index contributed by atoms with van der Waals surface area (Å²) in [6, 6.07) is 37.8. The minimum absolute atomic E-state index is 0.0390. The summed E-state index contributed by atoms with van der Waals surface area (Å²) in [6.45, 7) is 12.6. The molecule has 0 heterocycles. The molecule has 0 atom stereocenters. The Morgan fingerprint density at radius 3 is 1.40 bits per heavy atom. The summed E-state index contributed by atoms with van der Waals surface area (Å²) in [5.74, 6) is 0.0390. The average molecular weight is 742 g/mol. The Morgan fingerprint density at radius 2 is 0.943 bits per heavy atom. The van der Waals surface area contributed by atoms with Crippen LogP contribution in [0.25, 0.3) is 11.1 Å². The summed E-state index contributed by atoms with van der Waals surface area (Å²) >= 11 is 0. The summed E-state index contributed by atoms with van der Waals surface area (Å²) in [5.41, 5.74) is 4.79. The van der Waals surface area contributed by atoms with E-state index < -0.39 is 14.4 Å². The van der Waals surface area contributed by atoms with E-state index in [-0.39, 0.29) is 11.0 Å². The first-order valence-electron chi connectivity index (χ1n) is 18.6. The number of fused-ring (bicyclic) bond motifs is 3. The number of carbonyl (C=O) groups excluding carboxylic acids is 1. The highest BCUT2D eigenvalue weighted by Gasteiger charge is 2.50. The van der Waals surface area contributed by atoms with Gasteiger partial charge >= 0.3 is 6.09 Å². The SMILES string of the molecule is CC(C)(C)[Si](OCCOCCOCCOCCOCCOCCNC(=O)OCC1c2ccccc2-c2ccccc21)(c1ccccc1)c1ccccc1. The maximum Gasteiger partial charge on any atom is 0.407 e. The molecule has 5 rings (SSSR count). The maximum absolute atomic E-state index is 12.3. The second-order valence-electron chi connectivity index (χ2n) is 13.8. The molecule has 10 heteroatoms. The average Bonchev–Trinajstić information content (AvgIpc) is 3.50. The zero-order valence-electron chi connectivity index (χ0n) is 31.4. The molecule has 1 N–H and O–H groups in total. The van der Waals surface area contributed by atoms with E-state index in [0.29, 0.717) is 85.8 Å². The van der Waals surface area contributed by atoms with Gasteiger partial charge in [-0.15, -0.1) is 0 Å². The molecule has 284 valence electrons. The second kappa shape index (κ2) is 21.1. The van der Waals surface area contributed by atoms with Crippen LogP contribution in [0.4, 0.5) is 4.79 Å². The van der Waals surface area contributed by atoms with Gasteiger partial charge in [0.25, 0.3) is 8.32 Å². The molecule has 0 saturated heterocycles. The van der Waals surface area contributed by atoms with E-state index in [4.69, 9.17) is 32.8 Å². The fraction of sp³-hybridized carbons (Fsp3) is 0.419. The number of ether oxygens (including phenoxy) is 6. The molecule has 53 heavy (non-hydrogen) atoms. The molecule has 0 fully saturated rings. The number of benzene rings is 4. The predicted molar refractivity (Wildman–Crippen MR) is 211 cm³/mol. The van der Waals surface area contributed by atoms with Gasteiger partial charge in [0.1, 0.15) is 6.61 Å². The van der Waals surface area contributed by atoms with E-state index in [2.05, 4.69) is 111 Å². The quantitative estimate of drug-likeness (QED) is 0.0712. The van der Waals surface area contributed by atoms with Crippen LogP contribution in [-0.4, -0.2) is 100 Å². The highest BCUT2D eigenvalue weighted by molar-refractivity contribution is 6.99. The van der Waals surface area contributed by atoms with Crippen molar-refractivity contribution < 1.29 is 37.6 Å². The molecular weight excluding hydrogens is 687 g/mol. The van der Waals surface area contributed by atoms with Crippen molar-refractivity contribution in [1.29, 1.82) is 0 Å². The number of alkyl carbamates (subject to hydrolysis) is 1. The molecular formula is C43H55NO8Si. The molecule has 0 aliphatic heterocycles. The molecule has 1 aliphatic carbocycles. The van der Waals surface area contributed by atoms with Gasteiger partial charge in [-0.25, -0.2) is 4.79 Å². The molecule has 1 aliphatic rings. The van der Waals surface area contributed by atoms with Crippen molar-refractivity contribution in [2.45, 2.75) is 31.7 Å². The normalized spacial score (nSPS) is 12.7. The zero-order valence-corrected chi connectivity index (χ0v) is 32.4. The van der Waals surface area contributed by atoms with E-state index in [0.717, 1.165) is 0 Å². The Hall–Kier alpha value is -3.87. The third kappa shape index (κ3) is 11.3. The van der Waals surface area contributed by atoms with Gasteiger partial charge < -0.3 is 38.2 Å². The molecule has 0 spiro atoms. The van der Waals surface area contributed by atoms with Crippen molar-refractivity contribution in [3.8, 4) is 11.1 Å². The van der Waals surface area contributed by atoms with Crippen molar-refractivity contribution in [2.75, 3.05) is 85.8 Å². The lowest BCUT2D eigenvalue weighted by Gasteiger charge is -2.43. The van der Waals surface area contributed by atoms with Crippen LogP contribution < -0.4 is 15.7 Å². The van der Waals surface area contributed by atoms with E-state index in [9.17, 15) is 4.79 Å². The lowest BCUT2D eigenvalue weighted by molar-refractivity contribution is -0.0126. The lowest BCUT2D eigenvalue weighted by atomic mass is 9.98. The van der Waals surface area contributed by atoms with Crippen LogP contribution in [0.15, 0.2) is 109 Å². The van der Waals surface area contributed by atoms with Crippen molar-refractivity contribution in [3.05, 3.63) is 120 Å². The zero-order chi connectivity index (χ0) is 37.2. The number of carbonyl (C=O) groups is 1. The predicted octanol–water partition coefficient (Wildman–Crippen LogP) is 6.18. The molecule has 0 saturated carbocycles. The highest BCUT2D eigenvalue weighted by Crippen LogP contribution is 2.44. The minimum Gasteiger partial charge on any atom is -0.449 e. The molecule has 4 aromatic rings. The lowest BCUT2D eigenvalue weighted by Crippen LogP contribution is -2.66. The van der Waals surface area contributed by atoms with Crippen LogP contribution in [0.1, 0.15) is 37.8 Å². The molecule has 0 aromatic heterocycles. The molecule has 9 nitrogen and oxygen atoms in total. The first-order chi connectivity index (χ1) is 25.9. The Balaban J connectivity index is 0.826. The number of nitrogens with one attached hydrogen (secondary N) is 1. The molecule has 0 radical (unpaired) electrons. The van der Waals surface area contributed by atoms with Crippen LogP contribution >= 0.6 is 0 Å². The third-order valence-electron chi connectivity index (χ3n) is 9.31. The largest absolute Gasteiger partial charge is 0.449 e. The van der Waals surface area contributed by atoms with Gasteiger partial charge in [0.05, 0.1) is 72.7 Å². The monoisotopic (exact) mass is 741 g/mol. The standard InChI is InChI=1S/C43H55NO8Si/c1-43(2,3)53(35-14-6-4-7-15-35,36-16-8-5-9-17-36)52-33-32-50-31-30-49-29-28-48-27-26-47-25-24-46-23-22-44-42(45)51-34-41-39-20-12-10-18-37(39)38-19-11-13-21-40(38)41/h4-21,41H,22-34H2,1-3H3,(H,44,45). The second-order valence-corrected chi connectivity index (χ2v) is 18.1. The summed E-state index contributed by atoms with van der Waals surface area (Å²) in [5, 5.41) is 5.22. The minimum atomic E-state index is -2.55. The van der Waals surface area contributed by atoms with Gasteiger partial charge in [0, 0.05) is 12.5 Å². The molecule has 0 unspecified atom stereocenters. The van der Waals surface area contributed by atoms with Crippen LogP contribution in [0.3, 0.4) is 0 Å². The number of amides is 1. The van der Waals surface area contributed by atoms with Crippen LogP contribution in [0.2, 0.25) is 5.04 Å². The van der Waals surface area contributed by atoms with Crippen LogP contribution in [0, 0.1) is 0 Å². The Kier molecular flexibility index (Phi) is 16.1. The Labute approximate surface area is 316 Å². The van der Waals surface area contributed by atoms with Crippen molar-refractivity contribution in [1.82, 2.24) is 5.32 Å². The fourth-order valence-electron chi connectivity index (χ4n) is 6.87. The summed E-state index contributed by atoms with van der Waals surface area (Å²) < 4.78 is 40.6. The maximum atomic E-state index is 12.3. The van der Waals surface area contributed by atoms with Crippen LogP contribution in [0.5, 0.6) is 0 Å². The fourth-order valence-corrected chi connectivity index (χ4v) is 11.4. The summed E-state index contributed by atoms with van der Waals surface area (Å²) in [7, 11) is -2.55. The number of hydrogen-bond acceptors (Lipinski definition) is 8. The van der Waals surface area contributed by atoms with Gasteiger partial charge in [0.2, 0.25) is 0 Å². The molecule has 1 amide bonds. The van der Waals surface area contributed by atoms with Crippen molar-refractivity contribution in [3.63, 3.8) is 0 Å². The highest BCUT2D eigenvalue weighted by atomic mass is 28.4. The number of rotatable bonds is 23. The molecule has 0 bridgehead atoms. The van der Waals surface area contributed by atoms with E-state index >= 15 is 0 Å². The van der Waals surface area contributed by atoms with Gasteiger partial charge in [-0.3, -0.25) is 0 Å². The Morgan fingerprint density at radius 1 is 0.547 bits per heavy atom. The third-order valence-corrected chi connectivity index (χ3v) is 14.4. The van der Waals surface area contributed by atoms with E-state index in [1.54, 1.807) is 0 Å². The first kappa shape index (κ1) is 40.3. The van der Waals surface area contributed by atoms with Gasteiger partial charge in [0.15, 0.2) is 0 Å². The van der Waals surface area contributed by atoms with E-state index in [1.165, 1.54) is 32.6 Å². The first-order valence-corrected chi connectivity index (χ1v) is 20.5. The van der Waals surface area contributed by atoms with Crippen molar-refractivity contribution in [2.24, 2.45) is 0 Å². The summed E-state index contributed by atoms with van der Waals surface area (Å²) in [6.07, 6.45) is -0.447. The van der Waals surface area contributed by atoms with Gasteiger partial charge in [-0.05, 0) is 37.7 Å². The topological polar surface area (TPSA) is 93.7 Å². The van der Waals surface area contributed by atoms with Crippen molar-refractivity contribution >= 4 is 24.8 Å². The Bertz CT molecular complexity index is 1560. The smallest absolute Gasteiger partial charge is 0.407 e. The molecule has 4 aromatic carbocycles. The number of hydrogen-bond donors (Lipinski definition) is 1. The van der Waals surface area contributed by atoms with Gasteiger partial charge in [-0.2, -0.15) is 0 Å². The van der Waals surface area contributed by atoms with Crippen LogP contribution in [-0.2, 0) is 32.8 Å².